The number of aryl methyl sites for hydroxylation is 1. The monoisotopic (exact) mass is 453 g/mol. The van der Waals surface area contributed by atoms with E-state index in [0.29, 0.717) is 5.82 Å². The number of pyridine rings is 1. The molecule has 0 atom stereocenters. The van der Waals surface area contributed by atoms with Crippen LogP contribution in [0.4, 0.5) is 15.9 Å². The van der Waals surface area contributed by atoms with Crippen molar-refractivity contribution in [3.8, 4) is 0 Å². The topological polar surface area (TPSA) is 101 Å². The highest BCUT2D eigenvalue weighted by molar-refractivity contribution is 7.90. The van der Waals surface area contributed by atoms with E-state index in [9.17, 15) is 22.7 Å². The molecule has 32 heavy (non-hydrogen) atoms. The highest BCUT2D eigenvalue weighted by Crippen LogP contribution is 2.31. The summed E-state index contributed by atoms with van der Waals surface area (Å²) in [5.41, 5.74) is 2.57. The van der Waals surface area contributed by atoms with Crippen molar-refractivity contribution < 1.29 is 22.7 Å². The van der Waals surface area contributed by atoms with E-state index in [1.807, 2.05) is 31.2 Å². The number of carbonyl (C=O) groups is 1. The highest BCUT2D eigenvalue weighted by atomic mass is 32.2. The minimum Gasteiger partial charge on any atom is -0.481 e. The van der Waals surface area contributed by atoms with Gasteiger partial charge in [0.25, 0.3) is 10.0 Å². The van der Waals surface area contributed by atoms with Gasteiger partial charge in [0, 0.05) is 23.0 Å². The number of nitrogens with one attached hydrogen (secondary N) is 1. The summed E-state index contributed by atoms with van der Waals surface area (Å²) in [6.45, 7) is 3.47. The standard InChI is InChI=1S/C23H20FN3O4S/c1-14-4-3-5-17(10-14)26-22-9-7-18(13-25-22)32(30,31)27-15(2)19(12-23(28)29)20-11-16(24)6-8-21(20)27/h3-11,13H,12H2,1-2H3,(H,25,26)(H,28,29). The molecule has 0 saturated carbocycles. The zero-order chi connectivity index (χ0) is 23.0. The third-order valence-corrected chi connectivity index (χ3v) is 6.93. The van der Waals surface area contributed by atoms with Crippen LogP contribution >= 0.6 is 0 Å². The van der Waals surface area contributed by atoms with Crippen LogP contribution in [-0.4, -0.2) is 28.5 Å². The zero-order valence-corrected chi connectivity index (χ0v) is 18.1. The maximum Gasteiger partial charge on any atom is 0.307 e. The van der Waals surface area contributed by atoms with Gasteiger partial charge in [0.2, 0.25) is 0 Å². The zero-order valence-electron chi connectivity index (χ0n) is 17.3. The number of fused-ring (bicyclic) bond motifs is 1. The molecular weight excluding hydrogens is 433 g/mol. The molecule has 164 valence electrons. The Bertz CT molecular complexity index is 1440. The molecule has 0 unspecified atom stereocenters. The van der Waals surface area contributed by atoms with Gasteiger partial charge in [-0.2, -0.15) is 0 Å². The smallest absolute Gasteiger partial charge is 0.307 e. The number of benzene rings is 2. The molecule has 4 rings (SSSR count). The maximum atomic E-state index is 13.8. The van der Waals surface area contributed by atoms with Gasteiger partial charge < -0.3 is 10.4 Å². The molecule has 0 spiro atoms. The van der Waals surface area contributed by atoms with Crippen molar-refractivity contribution in [1.82, 2.24) is 8.96 Å². The minimum atomic E-state index is -4.11. The van der Waals surface area contributed by atoms with Crippen molar-refractivity contribution in [2.24, 2.45) is 0 Å². The summed E-state index contributed by atoms with van der Waals surface area (Å²) < 4.78 is 41.7. The number of halogens is 1. The van der Waals surface area contributed by atoms with Crippen LogP contribution in [0.5, 0.6) is 0 Å². The second-order valence-corrected chi connectivity index (χ2v) is 9.23. The molecule has 9 heteroatoms. The van der Waals surface area contributed by atoms with E-state index in [1.54, 1.807) is 6.07 Å². The Morgan fingerprint density at radius 3 is 2.56 bits per heavy atom. The van der Waals surface area contributed by atoms with Crippen LogP contribution in [0.25, 0.3) is 10.9 Å². The molecule has 0 fully saturated rings. The van der Waals surface area contributed by atoms with Crippen LogP contribution in [0.15, 0.2) is 65.7 Å². The van der Waals surface area contributed by atoms with Gasteiger partial charge >= 0.3 is 5.97 Å². The first-order valence-electron chi connectivity index (χ1n) is 9.73. The molecule has 0 aliphatic heterocycles. The lowest BCUT2D eigenvalue weighted by atomic mass is 10.1. The summed E-state index contributed by atoms with van der Waals surface area (Å²) in [5.74, 6) is -1.24. The predicted octanol–water partition coefficient (Wildman–Crippen LogP) is 4.40. The number of hydrogen-bond donors (Lipinski definition) is 2. The summed E-state index contributed by atoms with van der Waals surface area (Å²) >= 11 is 0. The lowest BCUT2D eigenvalue weighted by molar-refractivity contribution is -0.136. The fraction of sp³-hybridized carbons (Fsp3) is 0.130. The number of rotatable bonds is 6. The molecule has 2 aromatic heterocycles. The fourth-order valence-electron chi connectivity index (χ4n) is 3.69. The van der Waals surface area contributed by atoms with E-state index in [0.717, 1.165) is 27.4 Å². The Hall–Kier alpha value is -3.72. The molecule has 7 nitrogen and oxygen atoms in total. The molecule has 0 saturated heterocycles. The number of carboxylic acids is 1. The van der Waals surface area contributed by atoms with Crippen LogP contribution in [0.3, 0.4) is 0 Å². The first-order chi connectivity index (χ1) is 15.2. The van der Waals surface area contributed by atoms with Crippen LogP contribution in [0.1, 0.15) is 16.8 Å². The Labute approximate surface area is 184 Å². The normalized spacial score (nSPS) is 11.6. The van der Waals surface area contributed by atoms with Gasteiger partial charge in [0.05, 0.1) is 11.9 Å². The molecule has 0 aliphatic rings. The van der Waals surface area contributed by atoms with E-state index in [2.05, 4.69) is 10.3 Å². The van der Waals surface area contributed by atoms with Crippen molar-refractivity contribution in [2.75, 3.05) is 5.32 Å². The predicted molar refractivity (Wildman–Crippen MR) is 119 cm³/mol. The van der Waals surface area contributed by atoms with E-state index in [4.69, 9.17) is 0 Å². The number of nitrogens with zero attached hydrogens (tertiary/aromatic N) is 2. The Morgan fingerprint density at radius 2 is 1.91 bits per heavy atom. The molecular formula is C23H20FN3O4S. The van der Waals surface area contributed by atoms with Gasteiger partial charge in [-0.05, 0) is 67.4 Å². The molecule has 0 radical (unpaired) electrons. The van der Waals surface area contributed by atoms with Gasteiger partial charge in [-0.1, -0.05) is 12.1 Å². The SMILES string of the molecule is Cc1cccc(Nc2ccc(S(=O)(=O)n3c(C)c(CC(=O)O)c4cc(F)ccc43)cn2)c1. The van der Waals surface area contributed by atoms with Crippen molar-refractivity contribution >= 4 is 38.4 Å². The fourth-order valence-corrected chi connectivity index (χ4v) is 5.22. The second-order valence-electron chi connectivity index (χ2n) is 7.44. The maximum absolute atomic E-state index is 13.8. The third kappa shape index (κ3) is 3.94. The van der Waals surface area contributed by atoms with Crippen molar-refractivity contribution in [3.05, 3.63) is 83.4 Å². The largest absolute Gasteiger partial charge is 0.481 e. The molecule has 0 amide bonds. The number of anilines is 2. The number of carboxylic acid groups (broad SMARTS) is 1. The van der Waals surface area contributed by atoms with Gasteiger partial charge in [-0.25, -0.2) is 21.8 Å². The number of aromatic nitrogens is 2. The van der Waals surface area contributed by atoms with Crippen molar-refractivity contribution in [1.29, 1.82) is 0 Å². The summed E-state index contributed by atoms with van der Waals surface area (Å²) in [7, 11) is -4.11. The number of aliphatic carboxylic acids is 1. The molecule has 0 aliphatic carbocycles. The first-order valence-corrected chi connectivity index (χ1v) is 11.2. The van der Waals surface area contributed by atoms with Crippen LogP contribution in [0.2, 0.25) is 0 Å². The van der Waals surface area contributed by atoms with Gasteiger partial charge in [-0.15, -0.1) is 0 Å². The number of hydrogen-bond acceptors (Lipinski definition) is 5. The Balaban J connectivity index is 1.76. The van der Waals surface area contributed by atoms with E-state index < -0.39 is 28.2 Å². The average molecular weight is 453 g/mol. The van der Waals surface area contributed by atoms with Crippen LogP contribution in [-0.2, 0) is 21.2 Å². The quantitative estimate of drug-likeness (QED) is 0.449. The summed E-state index contributed by atoms with van der Waals surface area (Å²) in [5, 5.41) is 12.6. The molecule has 2 aromatic carbocycles. The van der Waals surface area contributed by atoms with Gasteiger partial charge in [0.1, 0.15) is 16.5 Å². The van der Waals surface area contributed by atoms with Crippen LogP contribution < -0.4 is 5.32 Å². The highest BCUT2D eigenvalue weighted by Gasteiger charge is 2.26. The lowest BCUT2D eigenvalue weighted by Crippen LogP contribution is -2.15. The molecule has 2 heterocycles. The summed E-state index contributed by atoms with van der Waals surface area (Å²) in [6.07, 6.45) is 0.811. The molecule has 4 aromatic rings. The second kappa shape index (κ2) is 8.08. The minimum absolute atomic E-state index is 0.0708. The average Bonchev–Trinajstić information content (AvgIpc) is 2.99. The van der Waals surface area contributed by atoms with E-state index >= 15 is 0 Å². The Kier molecular flexibility index (Phi) is 5.43. The Morgan fingerprint density at radius 1 is 1.12 bits per heavy atom. The van der Waals surface area contributed by atoms with E-state index in [-0.39, 0.29) is 27.1 Å². The first kappa shape index (κ1) is 21.5. The van der Waals surface area contributed by atoms with E-state index in [1.165, 1.54) is 25.3 Å². The van der Waals surface area contributed by atoms with Crippen LogP contribution in [0, 0.1) is 19.7 Å². The third-order valence-electron chi connectivity index (χ3n) is 5.14. The summed E-state index contributed by atoms with van der Waals surface area (Å²) in [4.78, 5) is 15.5. The van der Waals surface area contributed by atoms with Gasteiger partial charge in [-0.3, -0.25) is 4.79 Å². The molecule has 0 bridgehead atoms. The van der Waals surface area contributed by atoms with Crippen molar-refractivity contribution in [3.63, 3.8) is 0 Å². The summed E-state index contributed by atoms with van der Waals surface area (Å²) in [6, 6.07) is 14.3. The van der Waals surface area contributed by atoms with Gasteiger partial charge in [0.15, 0.2) is 0 Å². The van der Waals surface area contributed by atoms with Crippen molar-refractivity contribution in [2.45, 2.75) is 25.2 Å². The lowest BCUT2D eigenvalue weighted by Gasteiger charge is -2.11. The molecule has 2 N–H and O–H groups in total.